The third kappa shape index (κ3) is 3.65. The maximum atomic E-state index is 11.1. The molecule has 27 heavy (non-hydrogen) atoms. The highest BCUT2D eigenvalue weighted by molar-refractivity contribution is 5.93. The number of nitrogens with zero attached hydrogens (tertiary/aromatic N) is 5. The van der Waals surface area contributed by atoms with Gasteiger partial charge in [-0.3, -0.25) is 15.0 Å². The normalized spacial score (nSPS) is 15.6. The first-order valence-corrected chi connectivity index (χ1v) is 8.81. The van der Waals surface area contributed by atoms with E-state index in [4.69, 9.17) is 4.63 Å². The number of hydrogen-bond donors (Lipinski definition) is 0. The third-order valence-corrected chi connectivity index (χ3v) is 4.76. The van der Waals surface area contributed by atoms with Gasteiger partial charge in [0.2, 0.25) is 5.52 Å². The molecule has 2 heterocycles. The van der Waals surface area contributed by atoms with Gasteiger partial charge >= 0.3 is 5.69 Å². The van der Waals surface area contributed by atoms with E-state index in [9.17, 15) is 10.1 Å². The SMILES string of the molecule is O=[N+]([O-])c1ccc(N2CCN(CC=Cc3ccccc3)CC2)c2nonc12. The van der Waals surface area contributed by atoms with Crippen molar-refractivity contribution in [3.05, 3.63) is 64.2 Å². The number of aromatic nitrogens is 2. The second-order valence-electron chi connectivity index (χ2n) is 6.42. The highest BCUT2D eigenvalue weighted by atomic mass is 16.6. The summed E-state index contributed by atoms with van der Waals surface area (Å²) in [5, 5.41) is 18.7. The highest BCUT2D eigenvalue weighted by Crippen LogP contribution is 2.31. The fourth-order valence-corrected chi connectivity index (χ4v) is 3.32. The van der Waals surface area contributed by atoms with Gasteiger partial charge in [-0.25, -0.2) is 4.63 Å². The third-order valence-electron chi connectivity index (χ3n) is 4.76. The van der Waals surface area contributed by atoms with Crippen molar-refractivity contribution in [3.63, 3.8) is 0 Å². The van der Waals surface area contributed by atoms with Crippen LogP contribution < -0.4 is 4.90 Å². The Balaban J connectivity index is 1.40. The summed E-state index contributed by atoms with van der Waals surface area (Å²) in [5.41, 5.74) is 2.59. The molecule has 0 radical (unpaired) electrons. The van der Waals surface area contributed by atoms with Crippen molar-refractivity contribution in [3.8, 4) is 0 Å². The predicted molar refractivity (Wildman–Crippen MR) is 103 cm³/mol. The lowest BCUT2D eigenvalue weighted by Crippen LogP contribution is -2.46. The molecule has 0 bridgehead atoms. The Labute approximate surface area is 155 Å². The summed E-state index contributed by atoms with van der Waals surface area (Å²) < 4.78 is 4.75. The van der Waals surface area contributed by atoms with Gasteiger partial charge in [0.15, 0.2) is 5.52 Å². The fraction of sp³-hybridized carbons (Fsp3) is 0.263. The van der Waals surface area contributed by atoms with Crippen LogP contribution in [0.25, 0.3) is 17.1 Å². The van der Waals surface area contributed by atoms with Crippen LogP contribution in [-0.4, -0.2) is 52.9 Å². The molecule has 1 aromatic heterocycles. The molecule has 0 amide bonds. The molecule has 0 spiro atoms. The van der Waals surface area contributed by atoms with E-state index in [1.807, 2.05) is 18.2 Å². The zero-order valence-electron chi connectivity index (χ0n) is 14.7. The minimum atomic E-state index is -0.465. The fourth-order valence-electron chi connectivity index (χ4n) is 3.32. The standard InChI is InChI=1S/C19H19N5O3/c25-24(26)17-9-8-16(18-19(17)21-27-20-18)23-13-11-22(12-14-23)10-4-7-15-5-2-1-3-6-15/h1-9H,10-14H2. The zero-order chi connectivity index (χ0) is 18.6. The van der Waals surface area contributed by atoms with E-state index >= 15 is 0 Å². The van der Waals surface area contributed by atoms with Crippen molar-refractivity contribution in [1.29, 1.82) is 0 Å². The molecule has 3 aromatic rings. The minimum Gasteiger partial charge on any atom is -0.367 e. The molecule has 0 aliphatic carbocycles. The van der Waals surface area contributed by atoms with Crippen LogP contribution in [0.3, 0.4) is 0 Å². The number of non-ortho nitro benzene ring substituents is 1. The molecule has 2 aromatic carbocycles. The lowest BCUT2D eigenvalue weighted by Gasteiger charge is -2.35. The van der Waals surface area contributed by atoms with Crippen LogP contribution in [0.2, 0.25) is 0 Å². The van der Waals surface area contributed by atoms with Crippen LogP contribution in [0.5, 0.6) is 0 Å². The maximum absolute atomic E-state index is 11.1. The lowest BCUT2D eigenvalue weighted by atomic mass is 10.2. The second kappa shape index (κ2) is 7.55. The van der Waals surface area contributed by atoms with Gasteiger partial charge in [0.1, 0.15) is 0 Å². The summed E-state index contributed by atoms with van der Waals surface area (Å²) in [4.78, 5) is 15.2. The van der Waals surface area contributed by atoms with E-state index in [-0.39, 0.29) is 11.2 Å². The number of benzene rings is 2. The molecule has 0 unspecified atom stereocenters. The van der Waals surface area contributed by atoms with Gasteiger partial charge in [-0.1, -0.05) is 42.5 Å². The first-order valence-electron chi connectivity index (χ1n) is 8.81. The summed E-state index contributed by atoms with van der Waals surface area (Å²) in [6.45, 7) is 4.34. The highest BCUT2D eigenvalue weighted by Gasteiger charge is 2.24. The summed E-state index contributed by atoms with van der Waals surface area (Å²) in [6, 6.07) is 13.4. The zero-order valence-corrected chi connectivity index (χ0v) is 14.7. The molecule has 0 atom stereocenters. The molecule has 4 rings (SSSR count). The van der Waals surface area contributed by atoms with Gasteiger partial charge < -0.3 is 4.90 Å². The van der Waals surface area contributed by atoms with E-state index < -0.39 is 4.92 Å². The van der Waals surface area contributed by atoms with Gasteiger partial charge in [-0.15, -0.1) is 0 Å². The smallest absolute Gasteiger partial charge is 0.300 e. The second-order valence-corrected chi connectivity index (χ2v) is 6.42. The van der Waals surface area contributed by atoms with E-state index in [0.29, 0.717) is 5.52 Å². The van der Waals surface area contributed by atoms with Gasteiger partial charge in [-0.2, -0.15) is 0 Å². The number of nitro groups is 1. The summed E-state index contributed by atoms with van der Waals surface area (Å²) >= 11 is 0. The van der Waals surface area contributed by atoms with Crippen LogP contribution >= 0.6 is 0 Å². The molecular weight excluding hydrogens is 346 g/mol. The van der Waals surface area contributed by atoms with Crippen LogP contribution in [0.1, 0.15) is 5.56 Å². The Morgan fingerprint density at radius 3 is 2.52 bits per heavy atom. The van der Waals surface area contributed by atoms with Crippen molar-refractivity contribution in [1.82, 2.24) is 15.2 Å². The molecule has 0 N–H and O–H groups in total. The first kappa shape index (κ1) is 17.2. The Hall–Kier alpha value is -3.26. The Morgan fingerprint density at radius 2 is 1.78 bits per heavy atom. The summed E-state index contributed by atoms with van der Waals surface area (Å²) in [6.07, 6.45) is 4.31. The van der Waals surface area contributed by atoms with E-state index in [1.165, 1.54) is 11.6 Å². The molecule has 1 aliphatic rings. The number of fused-ring (bicyclic) bond motifs is 1. The van der Waals surface area contributed by atoms with Gasteiger partial charge in [0, 0.05) is 38.8 Å². The number of nitro benzene ring substituents is 1. The van der Waals surface area contributed by atoms with Crippen LogP contribution in [0.4, 0.5) is 11.4 Å². The van der Waals surface area contributed by atoms with Crippen molar-refractivity contribution in [2.75, 3.05) is 37.6 Å². The average Bonchev–Trinajstić information content (AvgIpc) is 3.18. The van der Waals surface area contributed by atoms with Crippen LogP contribution in [0, 0.1) is 10.1 Å². The molecule has 8 nitrogen and oxygen atoms in total. The van der Waals surface area contributed by atoms with Gasteiger partial charge in [-0.05, 0) is 21.9 Å². The molecule has 0 saturated carbocycles. The number of rotatable bonds is 5. The number of piperazine rings is 1. The molecule has 1 fully saturated rings. The van der Waals surface area contributed by atoms with Gasteiger partial charge in [0.05, 0.1) is 10.6 Å². The summed E-state index contributed by atoms with van der Waals surface area (Å²) in [7, 11) is 0. The Bertz CT molecular complexity index is 962. The largest absolute Gasteiger partial charge is 0.367 e. The van der Waals surface area contributed by atoms with Gasteiger partial charge in [0.25, 0.3) is 0 Å². The van der Waals surface area contributed by atoms with Crippen molar-refractivity contribution < 1.29 is 9.55 Å². The number of anilines is 1. The Kier molecular flexibility index (Phi) is 4.80. The monoisotopic (exact) mass is 365 g/mol. The average molecular weight is 365 g/mol. The van der Waals surface area contributed by atoms with E-state index in [2.05, 4.69) is 44.4 Å². The predicted octanol–water partition coefficient (Wildman–Crippen LogP) is 2.97. The molecule has 8 heteroatoms. The van der Waals surface area contributed by atoms with E-state index in [0.717, 1.165) is 38.4 Å². The minimum absolute atomic E-state index is 0.0836. The van der Waals surface area contributed by atoms with Crippen molar-refractivity contribution >= 4 is 28.5 Å². The maximum Gasteiger partial charge on any atom is 0.300 e. The topological polar surface area (TPSA) is 88.5 Å². The van der Waals surface area contributed by atoms with Crippen LogP contribution in [0.15, 0.2) is 53.2 Å². The molecule has 138 valence electrons. The first-order chi connectivity index (χ1) is 13.2. The Morgan fingerprint density at radius 1 is 1.04 bits per heavy atom. The molecule has 1 saturated heterocycles. The molecule has 1 aliphatic heterocycles. The van der Waals surface area contributed by atoms with Crippen molar-refractivity contribution in [2.24, 2.45) is 0 Å². The number of hydrogen-bond acceptors (Lipinski definition) is 7. The lowest BCUT2D eigenvalue weighted by molar-refractivity contribution is -0.383. The quantitative estimate of drug-likeness (QED) is 0.507. The molecular formula is C19H19N5O3. The van der Waals surface area contributed by atoms with Crippen molar-refractivity contribution in [2.45, 2.75) is 0 Å². The van der Waals surface area contributed by atoms with Crippen LogP contribution in [-0.2, 0) is 0 Å². The summed E-state index contributed by atoms with van der Waals surface area (Å²) in [5.74, 6) is 0. The van der Waals surface area contributed by atoms with E-state index in [1.54, 1.807) is 6.07 Å².